The molecule has 0 bridgehead atoms. The number of anilines is 1. The number of hydrogen-bond donors (Lipinski definition) is 2. The summed E-state index contributed by atoms with van der Waals surface area (Å²) in [5, 5.41) is 3.10. The molecule has 1 aliphatic heterocycles. The molecule has 1 heterocycles. The van der Waals surface area contributed by atoms with Crippen LogP contribution in [-0.4, -0.2) is 12.1 Å². The SMILES string of the molecule is CC(N)CC1Cc2c(cccc2C(F)(F)F)N1. The second-order valence-corrected chi connectivity index (χ2v) is 4.59. The lowest BCUT2D eigenvalue weighted by Crippen LogP contribution is -2.26. The van der Waals surface area contributed by atoms with Crippen LogP contribution < -0.4 is 11.1 Å². The van der Waals surface area contributed by atoms with Crippen molar-refractivity contribution in [2.75, 3.05) is 5.32 Å². The van der Waals surface area contributed by atoms with Crippen molar-refractivity contribution in [1.82, 2.24) is 0 Å². The van der Waals surface area contributed by atoms with E-state index >= 15 is 0 Å². The minimum Gasteiger partial charge on any atom is -0.382 e. The number of benzene rings is 1. The fraction of sp³-hybridized carbons (Fsp3) is 0.500. The molecule has 0 spiro atoms. The van der Waals surface area contributed by atoms with Gasteiger partial charge in [0.15, 0.2) is 0 Å². The normalized spacial score (nSPS) is 20.9. The lowest BCUT2D eigenvalue weighted by molar-refractivity contribution is -0.138. The molecule has 0 amide bonds. The maximum atomic E-state index is 12.8. The lowest BCUT2D eigenvalue weighted by Gasteiger charge is -2.13. The first kappa shape index (κ1) is 12.2. The monoisotopic (exact) mass is 244 g/mol. The minimum absolute atomic E-state index is 0.00787. The van der Waals surface area contributed by atoms with Gasteiger partial charge in [-0.3, -0.25) is 0 Å². The van der Waals surface area contributed by atoms with Crippen molar-refractivity contribution in [3.63, 3.8) is 0 Å². The van der Waals surface area contributed by atoms with Crippen LogP contribution in [0, 0.1) is 0 Å². The summed E-state index contributed by atoms with van der Waals surface area (Å²) in [6.45, 7) is 1.86. The maximum Gasteiger partial charge on any atom is 0.416 e. The predicted molar refractivity (Wildman–Crippen MR) is 60.8 cm³/mol. The molecule has 5 heteroatoms. The van der Waals surface area contributed by atoms with Gasteiger partial charge in [0.05, 0.1) is 5.56 Å². The van der Waals surface area contributed by atoms with Crippen molar-refractivity contribution < 1.29 is 13.2 Å². The molecule has 0 radical (unpaired) electrons. The Morgan fingerprint density at radius 3 is 2.76 bits per heavy atom. The van der Waals surface area contributed by atoms with Gasteiger partial charge in [0.25, 0.3) is 0 Å². The zero-order valence-electron chi connectivity index (χ0n) is 9.51. The summed E-state index contributed by atoms with van der Waals surface area (Å²) in [4.78, 5) is 0. The van der Waals surface area contributed by atoms with Crippen LogP contribution in [0.4, 0.5) is 18.9 Å². The van der Waals surface area contributed by atoms with Gasteiger partial charge in [0, 0.05) is 17.8 Å². The van der Waals surface area contributed by atoms with E-state index in [9.17, 15) is 13.2 Å². The average molecular weight is 244 g/mol. The molecule has 1 aliphatic rings. The summed E-state index contributed by atoms with van der Waals surface area (Å²) in [7, 11) is 0. The summed E-state index contributed by atoms with van der Waals surface area (Å²) < 4.78 is 38.3. The molecule has 3 N–H and O–H groups in total. The molecule has 0 aliphatic carbocycles. The third kappa shape index (κ3) is 2.54. The van der Waals surface area contributed by atoms with Crippen molar-refractivity contribution in [2.24, 2.45) is 5.73 Å². The molecule has 0 fully saturated rings. The Hall–Kier alpha value is -1.23. The highest BCUT2D eigenvalue weighted by Crippen LogP contribution is 2.39. The molecule has 2 unspecified atom stereocenters. The number of nitrogens with one attached hydrogen (secondary N) is 1. The summed E-state index contributed by atoms with van der Waals surface area (Å²) in [6, 6.07) is 4.24. The maximum absolute atomic E-state index is 12.8. The molecule has 0 aromatic heterocycles. The van der Waals surface area contributed by atoms with Gasteiger partial charge in [-0.15, -0.1) is 0 Å². The molecular formula is C12H15F3N2. The van der Waals surface area contributed by atoms with Gasteiger partial charge in [-0.05, 0) is 37.5 Å². The second kappa shape index (κ2) is 4.22. The Labute approximate surface area is 98.0 Å². The van der Waals surface area contributed by atoms with E-state index in [2.05, 4.69) is 5.32 Å². The Balaban J connectivity index is 2.26. The molecule has 0 saturated heterocycles. The van der Waals surface area contributed by atoms with Gasteiger partial charge in [-0.2, -0.15) is 13.2 Å². The zero-order chi connectivity index (χ0) is 12.6. The Morgan fingerprint density at radius 1 is 1.47 bits per heavy atom. The predicted octanol–water partition coefficient (Wildman–Crippen LogP) is 2.78. The van der Waals surface area contributed by atoms with Crippen molar-refractivity contribution in [1.29, 1.82) is 0 Å². The van der Waals surface area contributed by atoms with Crippen molar-refractivity contribution in [3.8, 4) is 0 Å². The van der Waals surface area contributed by atoms with Gasteiger partial charge < -0.3 is 11.1 Å². The smallest absolute Gasteiger partial charge is 0.382 e. The van der Waals surface area contributed by atoms with E-state index in [1.54, 1.807) is 6.07 Å². The van der Waals surface area contributed by atoms with Crippen LogP contribution in [0.5, 0.6) is 0 Å². The zero-order valence-corrected chi connectivity index (χ0v) is 9.51. The van der Waals surface area contributed by atoms with Gasteiger partial charge in [-0.1, -0.05) is 6.07 Å². The van der Waals surface area contributed by atoms with Crippen LogP contribution in [0.1, 0.15) is 24.5 Å². The fourth-order valence-electron chi connectivity index (χ4n) is 2.32. The highest BCUT2D eigenvalue weighted by atomic mass is 19.4. The highest BCUT2D eigenvalue weighted by molar-refractivity contribution is 5.60. The Kier molecular flexibility index (Phi) is 3.03. The number of alkyl halides is 3. The standard InChI is InChI=1S/C12H15F3N2/c1-7(16)5-8-6-9-10(12(13,14)15)3-2-4-11(9)17-8/h2-4,7-8,17H,5-6,16H2,1H3. The average Bonchev–Trinajstić information content (AvgIpc) is 2.55. The minimum atomic E-state index is -4.28. The molecule has 17 heavy (non-hydrogen) atoms. The summed E-state index contributed by atoms with van der Waals surface area (Å²) in [6.07, 6.45) is -3.21. The Morgan fingerprint density at radius 2 is 2.18 bits per heavy atom. The van der Waals surface area contributed by atoms with Crippen molar-refractivity contribution in [3.05, 3.63) is 29.3 Å². The van der Waals surface area contributed by atoms with E-state index in [0.717, 1.165) is 6.07 Å². The molecular weight excluding hydrogens is 229 g/mol. The first-order valence-corrected chi connectivity index (χ1v) is 5.59. The molecule has 2 atom stereocenters. The van der Waals surface area contributed by atoms with Crippen molar-refractivity contribution >= 4 is 5.69 Å². The fourth-order valence-corrected chi connectivity index (χ4v) is 2.32. The van der Waals surface area contributed by atoms with Gasteiger partial charge >= 0.3 is 6.18 Å². The molecule has 2 nitrogen and oxygen atoms in total. The Bertz CT molecular complexity index is 413. The van der Waals surface area contributed by atoms with Crippen molar-refractivity contribution in [2.45, 2.75) is 38.0 Å². The lowest BCUT2D eigenvalue weighted by atomic mass is 10.00. The summed E-state index contributed by atoms with van der Waals surface area (Å²) >= 11 is 0. The van der Waals surface area contributed by atoms with Crippen LogP contribution in [0.25, 0.3) is 0 Å². The third-order valence-corrected chi connectivity index (χ3v) is 2.95. The van der Waals surface area contributed by atoms with E-state index in [1.807, 2.05) is 6.92 Å². The van der Waals surface area contributed by atoms with Gasteiger partial charge in [0.2, 0.25) is 0 Å². The van der Waals surface area contributed by atoms with Gasteiger partial charge in [-0.25, -0.2) is 0 Å². The second-order valence-electron chi connectivity index (χ2n) is 4.59. The molecule has 1 aromatic carbocycles. The van der Waals surface area contributed by atoms with Crippen LogP contribution in [0.3, 0.4) is 0 Å². The quantitative estimate of drug-likeness (QED) is 0.839. The number of fused-ring (bicyclic) bond motifs is 1. The van der Waals surface area contributed by atoms with E-state index < -0.39 is 11.7 Å². The summed E-state index contributed by atoms with van der Waals surface area (Å²) in [5.41, 5.74) is 6.09. The van der Waals surface area contributed by atoms with Crippen LogP contribution in [0.2, 0.25) is 0 Å². The third-order valence-electron chi connectivity index (χ3n) is 2.95. The first-order valence-electron chi connectivity index (χ1n) is 5.59. The van der Waals surface area contributed by atoms with Crippen LogP contribution >= 0.6 is 0 Å². The van der Waals surface area contributed by atoms with E-state index in [4.69, 9.17) is 5.73 Å². The molecule has 94 valence electrons. The first-order chi connectivity index (χ1) is 7.88. The number of rotatable bonds is 2. The van der Waals surface area contributed by atoms with Gasteiger partial charge in [0.1, 0.15) is 0 Å². The number of hydrogen-bond acceptors (Lipinski definition) is 2. The van der Waals surface area contributed by atoms with E-state index in [1.165, 1.54) is 6.07 Å². The van der Waals surface area contributed by atoms with Crippen LogP contribution in [0.15, 0.2) is 18.2 Å². The van der Waals surface area contributed by atoms with Crippen LogP contribution in [-0.2, 0) is 12.6 Å². The number of nitrogens with two attached hydrogens (primary N) is 1. The highest BCUT2D eigenvalue weighted by Gasteiger charge is 2.36. The van der Waals surface area contributed by atoms with E-state index in [0.29, 0.717) is 24.1 Å². The topological polar surface area (TPSA) is 38.0 Å². The summed E-state index contributed by atoms with van der Waals surface area (Å²) in [5.74, 6) is 0. The van der Waals surface area contributed by atoms with E-state index in [-0.39, 0.29) is 12.1 Å². The molecule has 0 saturated carbocycles. The molecule has 1 aromatic rings. The molecule has 2 rings (SSSR count). The number of halogens is 3. The largest absolute Gasteiger partial charge is 0.416 e.